The van der Waals surface area contributed by atoms with E-state index >= 15 is 0 Å². The average Bonchev–Trinajstić information content (AvgIpc) is 3.19. The number of aliphatic carboxylic acids is 1. The number of hydrogen-bond acceptors (Lipinski definition) is 5. The predicted octanol–water partition coefficient (Wildman–Crippen LogP) is 3.47. The lowest BCUT2D eigenvalue weighted by atomic mass is 9.91. The van der Waals surface area contributed by atoms with Crippen LogP contribution < -0.4 is 10.6 Å². The van der Waals surface area contributed by atoms with Crippen LogP contribution in [0.25, 0.3) is 11.1 Å². The molecule has 35 heavy (non-hydrogen) atoms. The van der Waals surface area contributed by atoms with E-state index in [2.05, 4.69) is 34.9 Å². The molecule has 2 aliphatic rings. The van der Waals surface area contributed by atoms with Gasteiger partial charge in [0.2, 0.25) is 5.91 Å². The Balaban J connectivity index is 1.24. The van der Waals surface area contributed by atoms with E-state index in [4.69, 9.17) is 9.47 Å². The van der Waals surface area contributed by atoms with Crippen LogP contribution in [0, 0.1) is 5.92 Å². The largest absolute Gasteiger partial charge is 0.481 e. The van der Waals surface area contributed by atoms with Crippen LogP contribution in [0.1, 0.15) is 36.3 Å². The summed E-state index contributed by atoms with van der Waals surface area (Å²) in [5, 5.41) is 14.7. The van der Waals surface area contributed by atoms with Crippen molar-refractivity contribution in [1.82, 2.24) is 10.6 Å². The first kappa shape index (κ1) is 24.5. The molecule has 0 fully saturated rings. The van der Waals surface area contributed by atoms with Crippen molar-refractivity contribution in [3.63, 3.8) is 0 Å². The van der Waals surface area contributed by atoms with Crippen molar-refractivity contribution in [2.45, 2.75) is 37.3 Å². The lowest BCUT2D eigenvalue weighted by Crippen LogP contribution is -2.44. The number of nitrogens with one attached hydrogen (secondary N) is 2. The van der Waals surface area contributed by atoms with Crippen LogP contribution in [0.15, 0.2) is 60.7 Å². The van der Waals surface area contributed by atoms with E-state index in [-0.39, 0.29) is 37.4 Å². The van der Waals surface area contributed by atoms with E-state index < -0.39 is 24.1 Å². The van der Waals surface area contributed by atoms with E-state index in [1.807, 2.05) is 24.3 Å². The molecule has 2 amide bonds. The van der Waals surface area contributed by atoms with Gasteiger partial charge in [0.15, 0.2) is 0 Å². The van der Waals surface area contributed by atoms with Gasteiger partial charge < -0.3 is 25.2 Å². The Morgan fingerprint density at radius 1 is 1.06 bits per heavy atom. The first-order chi connectivity index (χ1) is 17.0. The highest BCUT2D eigenvalue weighted by molar-refractivity contribution is 5.82. The molecular formula is C27H30N2O6. The molecule has 2 aromatic rings. The highest BCUT2D eigenvalue weighted by atomic mass is 16.5. The number of hydrogen-bond donors (Lipinski definition) is 3. The zero-order valence-electron chi connectivity index (χ0n) is 19.6. The highest BCUT2D eigenvalue weighted by Gasteiger charge is 2.29. The van der Waals surface area contributed by atoms with Crippen LogP contribution in [0.5, 0.6) is 0 Å². The maximum atomic E-state index is 12.6. The minimum absolute atomic E-state index is 0.0242. The number of methoxy groups -OCH3 is 1. The lowest BCUT2D eigenvalue weighted by Gasteiger charge is -2.25. The molecular weight excluding hydrogens is 448 g/mol. The molecule has 0 aliphatic heterocycles. The van der Waals surface area contributed by atoms with Crippen LogP contribution in [0.2, 0.25) is 0 Å². The fraction of sp³-hybridized carbons (Fsp3) is 0.370. The second-order valence-electron chi connectivity index (χ2n) is 8.82. The summed E-state index contributed by atoms with van der Waals surface area (Å²) in [4.78, 5) is 36.1. The van der Waals surface area contributed by atoms with Crippen molar-refractivity contribution in [1.29, 1.82) is 0 Å². The molecule has 0 radical (unpaired) electrons. The Morgan fingerprint density at radius 2 is 1.71 bits per heavy atom. The average molecular weight is 479 g/mol. The monoisotopic (exact) mass is 478 g/mol. The van der Waals surface area contributed by atoms with E-state index in [1.54, 1.807) is 12.2 Å². The van der Waals surface area contributed by atoms with Crippen molar-refractivity contribution < 1.29 is 29.0 Å². The topological polar surface area (TPSA) is 114 Å². The summed E-state index contributed by atoms with van der Waals surface area (Å²) in [5.74, 6) is -1.75. The number of carbonyl (C=O) groups is 3. The van der Waals surface area contributed by atoms with E-state index in [0.717, 1.165) is 22.3 Å². The number of fused-ring (bicyclic) bond motifs is 3. The Hall–Kier alpha value is -3.65. The van der Waals surface area contributed by atoms with Crippen LogP contribution in [-0.4, -0.2) is 55.5 Å². The summed E-state index contributed by atoms with van der Waals surface area (Å²) in [6, 6.07) is 15.9. The van der Waals surface area contributed by atoms with Crippen molar-refractivity contribution in [3.05, 3.63) is 71.8 Å². The number of rotatable bonds is 9. The summed E-state index contributed by atoms with van der Waals surface area (Å²) in [5.41, 5.74) is 4.60. The van der Waals surface area contributed by atoms with Gasteiger partial charge in [-0.3, -0.25) is 9.59 Å². The Morgan fingerprint density at radius 3 is 2.34 bits per heavy atom. The van der Waals surface area contributed by atoms with E-state index in [1.165, 1.54) is 7.11 Å². The van der Waals surface area contributed by atoms with Gasteiger partial charge in [-0.15, -0.1) is 0 Å². The molecule has 8 nitrogen and oxygen atoms in total. The second kappa shape index (κ2) is 11.2. The van der Waals surface area contributed by atoms with Gasteiger partial charge in [0.25, 0.3) is 0 Å². The first-order valence-corrected chi connectivity index (χ1v) is 11.8. The predicted molar refractivity (Wildman–Crippen MR) is 130 cm³/mol. The molecule has 2 aromatic carbocycles. The van der Waals surface area contributed by atoms with Crippen molar-refractivity contribution >= 4 is 18.0 Å². The van der Waals surface area contributed by atoms with Crippen molar-refractivity contribution in [2.75, 3.05) is 20.3 Å². The van der Waals surface area contributed by atoms with Crippen LogP contribution in [-0.2, 0) is 19.1 Å². The third-order valence-electron chi connectivity index (χ3n) is 6.60. The number of carboxylic acid groups (broad SMARTS) is 1. The molecule has 3 unspecified atom stereocenters. The Kier molecular flexibility index (Phi) is 7.82. The molecule has 184 valence electrons. The first-order valence-electron chi connectivity index (χ1n) is 11.8. The van der Waals surface area contributed by atoms with Crippen LogP contribution in [0.3, 0.4) is 0 Å². The number of amides is 2. The number of benzene rings is 2. The number of allylic oxidation sites excluding steroid dienone is 1. The van der Waals surface area contributed by atoms with Gasteiger partial charge in [0.05, 0.1) is 5.92 Å². The number of ether oxygens (including phenoxy) is 2. The number of carboxylic acids is 1. The minimum atomic E-state index is -0.871. The molecule has 0 aromatic heterocycles. The molecule has 3 atom stereocenters. The second-order valence-corrected chi connectivity index (χ2v) is 8.82. The smallest absolute Gasteiger partial charge is 0.407 e. The van der Waals surface area contributed by atoms with Gasteiger partial charge in [0, 0.05) is 32.0 Å². The summed E-state index contributed by atoms with van der Waals surface area (Å²) in [6.07, 6.45) is 3.30. The number of carbonyl (C=O) groups excluding carboxylic acids is 2. The minimum Gasteiger partial charge on any atom is -0.481 e. The van der Waals surface area contributed by atoms with Crippen molar-refractivity contribution in [2.24, 2.45) is 5.92 Å². The number of alkyl carbamates (subject to hydrolysis) is 1. The standard InChI is InChI=1S/C27H30N2O6/c1-34-24(25(30)29-18-8-6-7-17(15-18)26(31)32)13-14-28-27(33)35-16-23-21-11-4-2-9-19(21)20-10-3-5-12-22(20)23/h2-6,8-12,17-18,23-24H,7,13-16H2,1H3,(H,28,33)(H,29,30)(H,31,32). The summed E-state index contributed by atoms with van der Waals surface area (Å²) in [6.45, 7) is 0.410. The normalized spacial score (nSPS) is 19.3. The highest BCUT2D eigenvalue weighted by Crippen LogP contribution is 2.44. The molecule has 0 saturated heterocycles. The van der Waals surface area contributed by atoms with Gasteiger partial charge in [-0.25, -0.2) is 4.79 Å². The van der Waals surface area contributed by atoms with E-state index in [0.29, 0.717) is 12.8 Å². The molecule has 0 saturated carbocycles. The summed E-state index contributed by atoms with van der Waals surface area (Å²) in [7, 11) is 1.42. The molecule has 0 spiro atoms. The maximum absolute atomic E-state index is 12.6. The third kappa shape index (κ3) is 5.71. The molecule has 4 rings (SSSR count). The lowest BCUT2D eigenvalue weighted by molar-refractivity contribution is -0.142. The zero-order valence-corrected chi connectivity index (χ0v) is 19.6. The van der Waals surface area contributed by atoms with Gasteiger partial charge in [-0.05, 0) is 35.1 Å². The fourth-order valence-electron chi connectivity index (χ4n) is 4.78. The summed E-state index contributed by atoms with van der Waals surface area (Å²) < 4.78 is 10.8. The zero-order chi connectivity index (χ0) is 24.8. The Bertz CT molecular complexity index is 1070. The summed E-state index contributed by atoms with van der Waals surface area (Å²) >= 11 is 0. The SMILES string of the molecule is COC(CCNC(=O)OCC1c2ccccc2-c2ccccc21)C(=O)NC1C=CCC(C(=O)O)C1. The molecule has 2 aliphatic carbocycles. The maximum Gasteiger partial charge on any atom is 0.407 e. The molecule has 0 bridgehead atoms. The molecule has 3 N–H and O–H groups in total. The van der Waals surface area contributed by atoms with E-state index in [9.17, 15) is 19.5 Å². The third-order valence-corrected chi connectivity index (χ3v) is 6.60. The quantitative estimate of drug-likeness (QED) is 0.476. The van der Waals surface area contributed by atoms with Crippen molar-refractivity contribution in [3.8, 4) is 11.1 Å². The van der Waals surface area contributed by atoms with Gasteiger partial charge >= 0.3 is 12.1 Å². The molecule has 0 heterocycles. The fourth-order valence-corrected chi connectivity index (χ4v) is 4.78. The van der Waals surface area contributed by atoms with Crippen LogP contribution in [0.4, 0.5) is 4.79 Å². The van der Waals surface area contributed by atoms with Crippen LogP contribution >= 0.6 is 0 Å². The van der Waals surface area contributed by atoms with Gasteiger partial charge in [-0.2, -0.15) is 0 Å². The van der Waals surface area contributed by atoms with Gasteiger partial charge in [0.1, 0.15) is 12.7 Å². The van der Waals surface area contributed by atoms with Gasteiger partial charge in [-0.1, -0.05) is 60.7 Å². The Labute approximate surface area is 204 Å². The molecule has 8 heteroatoms.